The molecule has 0 aliphatic carbocycles. The van der Waals surface area contributed by atoms with Crippen LogP contribution in [-0.4, -0.2) is 24.9 Å². The number of benzene rings is 2. The van der Waals surface area contributed by atoms with Crippen molar-refractivity contribution < 1.29 is 9.59 Å². The van der Waals surface area contributed by atoms with Crippen LogP contribution >= 0.6 is 11.3 Å². The molecule has 2 aromatic carbocycles. The molecule has 5 heteroatoms. The second-order valence-corrected chi connectivity index (χ2v) is 7.33. The minimum Gasteiger partial charge on any atom is -0.355 e. The highest BCUT2D eigenvalue weighted by Crippen LogP contribution is 2.23. The third kappa shape index (κ3) is 5.79. The highest BCUT2D eigenvalue weighted by atomic mass is 32.1. The van der Waals surface area contributed by atoms with Crippen LogP contribution in [0, 0.1) is 0 Å². The molecule has 2 N–H and O–H groups in total. The van der Waals surface area contributed by atoms with Crippen molar-refractivity contribution in [1.82, 2.24) is 10.6 Å². The van der Waals surface area contributed by atoms with E-state index < -0.39 is 0 Å². The summed E-state index contributed by atoms with van der Waals surface area (Å²) in [5.74, 6) is 0.0289. The quantitative estimate of drug-likeness (QED) is 0.536. The smallest absolute Gasteiger partial charge is 0.252 e. The van der Waals surface area contributed by atoms with Crippen molar-refractivity contribution in [2.24, 2.45) is 0 Å². The second kappa shape index (κ2) is 10.4. The van der Waals surface area contributed by atoms with Gasteiger partial charge < -0.3 is 10.6 Å². The normalized spacial score (nSPS) is 10.6. The monoisotopic (exact) mass is 392 g/mol. The lowest BCUT2D eigenvalue weighted by Crippen LogP contribution is -2.30. The Labute approximate surface area is 169 Å². The molecule has 144 valence electrons. The average Bonchev–Trinajstić information content (AvgIpc) is 3.28. The van der Waals surface area contributed by atoms with Crippen LogP contribution in [0.3, 0.4) is 0 Å². The van der Waals surface area contributed by atoms with Gasteiger partial charge in [-0.25, -0.2) is 0 Å². The van der Waals surface area contributed by atoms with Crippen LogP contribution < -0.4 is 10.6 Å². The van der Waals surface area contributed by atoms with Crippen LogP contribution in [0.4, 0.5) is 0 Å². The minimum atomic E-state index is -0.0881. The van der Waals surface area contributed by atoms with Gasteiger partial charge in [0.05, 0.1) is 0 Å². The molecule has 0 unspecified atom stereocenters. The molecule has 0 aliphatic rings. The van der Waals surface area contributed by atoms with Gasteiger partial charge in [0.1, 0.15) is 0 Å². The number of rotatable bonds is 9. The topological polar surface area (TPSA) is 58.2 Å². The Morgan fingerprint density at radius 1 is 0.857 bits per heavy atom. The second-order valence-electron chi connectivity index (χ2n) is 6.55. The van der Waals surface area contributed by atoms with E-state index >= 15 is 0 Å². The SMILES string of the molecule is O=C(CCCNC(=O)c1ccsc1)NCC(c1ccccc1)c1ccccc1. The molecule has 0 radical (unpaired) electrons. The lowest BCUT2D eigenvalue weighted by atomic mass is 9.91. The molecule has 4 nitrogen and oxygen atoms in total. The molecule has 0 atom stereocenters. The lowest BCUT2D eigenvalue weighted by Gasteiger charge is -2.19. The number of nitrogens with one attached hydrogen (secondary N) is 2. The van der Waals surface area contributed by atoms with Gasteiger partial charge in [-0.3, -0.25) is 9.59 Å². The van der Waals surface area contributed by atoms with E-state index in [4.69, 9.17) is 0 Å². The van der Waals surface area contributed by atoms with Crippen molar-refractivity contribution in [3.63, 3.8) is 0 Å². The average molecular weight is 393 g/mol. The molecular weight excluding hydrogens is 368 g/mol. The van der Waals surface area contributed by atoms with Crippen LogP contribution in [0.15, 0.2) is 77.5 Å². The maximum atomic E-state index is 12.3. The van der Waals surface area contributed by atoms with Gasteiger partial charge in [-0.2, -0.15) is 11.3 Å². The molecule has 2 amide bonds. The number of hydrogen-bond acceptors (Lipinski definition) is 3. The van der Waals surface area contributed by atoms with Crippen LogP contribution in [0.2, 0.25) is 0 Å². The van der Waals surface area contributed by atoms with E-state index in [0.29, 0.717) is 31.5 Å². The molecule has 0 bridgehead atoms. The molecule has 1 aromatic heterocycles. The summed E-state index contributed by atoms with van der Waals surface area (Å²) in [6.45, 7) is 1.04. The number of carbonyl (C=O) groups excluding carboxylic acids is 2. The molecule has 28 heavy (non-hydrogen) atoms. The van der Waals surface area contributed by atoms with E-state index in [9.17, 15) is 9.59 Å². The van der Waals surface area contributed by atoms with E-state index in [0.717, 1.165) is 0 Å². The Hall–Kier alpha value is -2.92. The van der Waals surface area contributed by atoms with Crippen LogP contribution in [0.25, 0.3) is 0 Å². The molecule has 3 rings (SSSR count). The zero-order valence-electron chi connectivity index (χ0n) is 15.6. The third-order valence-electron chi connectivity index (χ3n) is 4.56. The number of thiophene rings is 1. The van der Waals surface area contributed by atoms with Crippen molar-refractivity contribution >= 4 is 23.2 Å². The Balaban J connectivity index is 1.47. The molecule has 0 saturated carbocycles. The minimum absolute atomic E-state index is 0.00152. The van der Waals surface area contributed by atoms with E-state index in [-0.39, 0.29) is 17.7 Å². The Kier molecular flexibility index (Phi) is 7.38. The maximum absolute atomic E-state index is 12.3. The van der Waals surface area contributed by atoms with Crippen LogP contribution in [0.5, 0.6) is 0 Å². The summed E-state index contributed by atoms with van der Waals surface area (Å²) in [5, 5.41) is 9.58. The molecule has 0 aliphatic heterocycles. The summed E-state index contributed by atoms with van der Waals surface area (Å²) in [6.07, 6.45) is 1.00. The molecule has 3 aromatic rings. The van der Waals surface area contributed by atoms with Gasteiger partial charge >= 0.3 is 0 Å². The van der Waals surface area contributed by atoms with Gasteiger partial charge in [0.2, 0.25) is 5.91 Å². The van der Waals surface area contributed by atoms with Gasteiger partial charge in [0.15, 0.2) is 0 Å². The molecule has 0 saturated heterocycles. The number of hydrogen-bond donors (Lipinski definition) is 2. The van der Waals surface area contributed by atoms with Crippen LogP contribution in [0.1, 0.15) is 40.2 Å². The maximum Gasteiger partial charge on any atom is 0.252 e. The van der Waals surface area contributed by atoms with Crippen molar-refractivity contribution in [3.8, 4) is 0 Å². The van der Waals surface area contributed by atoms with Crippen molar-refractivity contribution in [1.29, 1.82) is 0 Å². The first kappa shape index (κ1) is 19.8. The predicted molar refractivity (Wildman–Crippen MR) is 114 cm³/mol. The Bertz CT molecular complexity index is 825. The molecule has 0 spiro atoms. The van der Waals surface area contributed by atoms with Gasteiger partial charge in [-0.05, 0) is 29.0 Å². The first-order chi connectivity index (χ1) is 13.7. The largest absolute Gasteiger partial charge is 0.355 e. The standard InChI is InChI=1S/C23H24N2O2S/c26-22(12-7-14-24-23(27)20-13-15-28-17-20)25-16-21(18-8-3-1-4-9-18)19-10-5-2-6-11-19/h1-6,8-11,13,15,17,21H,7,12,14,16H2,(H,24,27)(H,25,26). The van der Waals surface area contributed by atoms with Crippen molar-refractivity contribution in [2.45, 2.75) is 18.8 Å². The van der Waals surface area contributed by atoms with Gasteiger partial charge in [-0.15, -0.1) is 0 Å². The lowest BCUT2D eigenvalue weighted by molar-refractivity contribution is -0.121. The zero-order chi connectivity index (χ0) is 19.6. The first-order valence-corrected chi connectivity index (χ1v) is 10.4. The summed E-state index contributed by atoms with van der Waals surface area (Å²) >= 11 is 1.49. The van der Waals surface area contributed by atoms with Gasteiger partial charge in [-0.1, -0.05) is 60.7 Å². The summed E-state index contributed by atoms with van der Waals surface area (Å²) in [5.41, 5.74) is 3.03. The highest BCUT2D eigenvalue weighted by molar-refractivity contribution is 7.08. The fourth-order valence-electron chi connectivity index (χ4n) is 3.05. The van der Waals surface area contributed by atoms with Crippen LogP contribution in [-0.2, 0) is 4.79 Å². The van der Waals surface area contributed by atoms with Gasteiger partial charge in [0.25, 0.3) is 5.91 Å². The molecular formula is C23H24N2O2S. The third-order valence-corrected chi connectivity index (χ3v) is 5.24. The summed E-state index contributed by atoms with van der Waals surface area (Å²) in [4.78, 5) is 24.1. The zero-order valence-corrected chi connectivity index (χ0v) is 16.5. The number of amides is 2. The summed E-state index contributed by atoms with van der Waals surface area (Å²) in [6, 6.07) is 22.2. The fraction of sp³-hybridized carbons (Fsp3) is 0.217. The summed E-state index contributed by atoms with van der Waals surface area (Å²) in [7, 11) is 0. The van der Waals surface area contributed by atoms with E-state index in [2.05, 4.69) is 34.9 Å². The number of carbonyl (C=O) groups is 2. The van der Waals surface area contributed by atoms with E-state index in [1.807, 2.05) is 47.2 Å². The van der Waals surface area contributed by atoms with E-state index in [1.165, 1.54) is 22.5 Å². The van der Waals surface area contributed by atoms with Gasteiger partial charge in [0, 0.05) is 36.4 Å². The predicted octanol–water partition coefficient (Wildman–Crippen LogP) is 4.21. The highest BCUT2D eigenvalue weighted by Gasteiger charge is 2.15. The van der Waals surface area contributed by atoms with Crippen molar-refractivity contribution in [2.75, 3.05) is 13.1 Å². The first-order valence-electron chi connectivity index (χ1n) is 9.41. The fourth-order valence-corrected chi connectivity index (χ4v) is 3.69. The summed E-state index contributed by atoms with van der Waals surface area (Å²) < 4.78 is 0. The Morgan fingerprint density at radius 3 is 2.07 bits per heavy atom. The van der Waals surface area contributed by atoms with Crippen molar-refractivity contribution in [3.05, 3.63) is 94.2 Å². The van der Waals surface area contributed by atoms with E-state index in [1.54, 1.807) is 6.07 Å². The Morgan fingerprint density at radius 2 is 1.50 bits per heavy atom. The molecule has 0 fully saturated rings. The molecule has 1 heterocycles.